The lowest BCUT2D eigenvalue weighted by Gasteiger charge is -2.24. The number of hydrogen-bond acceptors (Lipinski definition) is 4. The van der Waals surface area contributed by atoms with Crippen LogP contribution in [0.5, 0.6) is 0 Å². The number of likely N-dealkylation sites (N-methyl/N-ethyl adjacent to an activating group) is 1. The predicted molar refractivity (Wildman–Crippen MR) is 76.7 cm³/mol. The van der Waals surface area contributed by atoms with Crippen molar-refractivity contribution in [2.75, 3.05) is 20.2 Å². The van der Waals surface area contributed by atoms with E-state index >= 15 is 0 Å². The summed E-state index contributed by atoms with van der Waals surface area (Å²) in [6, 6.07) is 7.74. The predicted octanol–water partition coefficient (Wildman–Crippen LogP) is 2.15. The first-order valence-corrected chi connectivity index (χ1v) is 6.77. The van der Waals surface area contributed by atoms with Crippen molar-refractivity contribution in [3.63, 3.8) is 0 Å². The Hall–Kier alpha value is -1.10. The van der Waals surface area contributed by atoms with E-state index in [1.165, 1.54) is 0 Å². The first-order chi connectivity index (χ1) is 9.10. The Kier molecular flexibility index (Phi) is 4.80. The van der Waals surface area contributed by atoms with Gasteiger partial charge in [-0.15, -0.1) is 0 Å². The summed E-state index contributed by atoms with van der Waals surface area (Å²) >= 11 is 5.87. The van der Waals surface area contributed by atoms with E-state index in [4.69, 9.17) is 21.5 Å². The number of nitrogens with zero attached hydrogens (tertiary/aromatic N) is 2. The maximum Gasteiger partial charge on any atom is 0.145 e. The Labute approximate surface area is 118 Å². The van der Waals surface area contributed by atoms with E-state index in [2.05, 4.69) is 10.1 Å². The minimum Gasteiger partial charge on any atom is -0.395 e. The zero-order valence-corrected chi connectivity index (χ0v) is 12.0. The molecule has 19 heavy (non-hydrogen) atoms. The average molecular weight is 283 g/mol. The van der Waals surface area contributed by atoms with Gasteiger partial charge in [-0.3, -0.25) is 4.90 Å². The third-order valence-corrected chi connectivity index (χ3v) is 3.67. The highest BCUT2D eigenvalue weighted by Crippen LogP contribution is 2.19. The van der Waals surface area contributed by atoms with Gasteiger partial charge >= 0.3 is 0 Å². The first kappa shape index (κ1) is 14.3. The van der Waals surface area contributed by atoms with E-state index < -0.39 is 0 Å². The monoisotopic (exact) mass is 282 g/mol. The highest BCUT2D eigenvalue weighted by Gasteiger charge is 2.24. The molecular formula is C14H19ClN2O2. The largest absolute Gasteiger partial charge is 0.395 e. The fourth-order valence-electron chi connectivity index (χ4n) is 1.98. The van der Waals surface area contributed by atoms with Crippen molar-refractivity contribution in [1.82, 2.24) is 4.90 Å². The second kappa shape index (κ2) is 6.37. The van der Waals surface area contributed by atoms with Crippen LogP contribution >= 0.6 is 11.6 Å². The Balaban J connectivity index is 1.90. The highest BCUT2D eigenvalue weighted by atomic mass is 35.5. The lowest BCUT2D eigenvalue weighted by molar-refractivity contribution is 0.0416. The van der Waals surface area contributed by atoms with Crippen molar-refractivity contribution >= 4 is 17.3 Å². The molecule has 0 radical (unpaired) electrons. The summed E-state index contributed by atoms with van der Waals surface area (Å²) in [6.45, 7) is 2.88. The lowest BCUT2D eigenvalue weighted by Crippen LogP contribution is -2.38. The third kappa shape index (κ3) is 3.69. The van der Waals surface area contributed by atoms with E-state index in [1.807, 2.05) is 38.2 Å². The van der Waals surface area contributed by atoms with Gasteiger partial charge < -0.3 is 9.94 Å². The molecule has 0 aromatic heterocycles. The number of aliphatic hydroxyl groups is 1. The molecule has 104 valence electrons. The van der Waals surface area contributed by atoms with Gasteiger partial charge in [0.1, 0.15) is 6.10 Å². The standard InChI is InChI=1S/C14H19ClN2O2/c1-10(9-18)17(2)8-13-7-14(16-19-13)11-3-5-12(15)6-4-11/h3-6,10,13,18H,7-9H2,1-2H3. The topological polar surface area (TPSA) is 45.1 Å². The van der Waals surface area contributed by atoms with E-state index in [0.29, 0.717) is 0 Å². The average Bonchev–Trinajstić information content (AvgIpc) is 2.87. The number of benzene rings is 1. The molecule has 0 bridgehead atoms. The van der Waals surface area contributed by atoms with Crippen LogP contribution in [0.2, 0.25) is 5.02 Å². The Morgan fingerprint density at radius 2 is 2.16 bits per heavy atom. The Morgan fingerprint density at radius 1 is 1.47 bits per heavy atom. The molecule has 2 rings (SSSR count). The summed E-state index contributed by atoms with van der Waals surface area (Å²) in [5, 5.41) is 14.0. The summed E-state index contributed by atoms with van der Waals surface area (Å²) in [5.41, 5.74) is 2.00. The minimum atomic E-state index is 0.0460. The van der Waals surface area contributed by atoms with Gasteiger partial charge in [-0.1, -0.05) is 28.9 Å². The van der Waals surface area contributed by atoms with Gasteiger partial charge in [0.2, 0.25) is 0 Å². The molecule has 4 nitrogen and oxygen atoms in total. The molecule has 5 heteroatoms. The Morgan fingerprint density at radius 3 is 2.79 bits per heavy atom. The molecule has 2 unspecified atom stereocenters. The first-order valence-electron chi connectivity index (χ1n) is 6.40. The van der Waals surface area contributed by atoms with Gasteiger partial charge in [-0.05, 0) is 31.7 Å². The highest BCUT2D eigenvalue weighted by molar-refractivity contribution is 6.30. The lowest BCUT2D eigenvalue weighted by atomic mass is 10.0. The van der Waals surface area contributed by atoms with Crippen molar-refractivity contribution in [3.8, 4) is 0 Å². The number of halogens is 1. The number of aliphatic hydroxyl groups excluding tert-OH is 1. The van der Waals surface area contributed by atoms with E-state index in [0.717, 1.165) is 29.3 Å². The van der Waals surface area contributed by atoms with Gasteiger partial charge in [-0.25, -0.2) is 0 Å². The van der Waals surface area contributed by atoms with Gasteiger partial charge in [0.15, 0.2) is 0 Å². The maximum absolute atomic E-state index is 9.11. The fourth-order valence-corrected chi connectivity index (χ4v) is 2.11. The molecule has 1 N–H and O–H groups in total. The number of rotatable bonds is 5. The third-order valence-electron chi connectivity index (χ3n) is 3.42. The van der Waals surface area contributed by atoms with Crippen molar-refractivity contribution < 1.29 is 9.94 Å². The maximum atomic E-state index is 9.11. The summed E-state index contributed by atoms with van der Waals surface area (Å²) in [5.74, 6) is 0. The zero-order valence-electron chi connectivity index (χ0n) is 11.2. The number of hydrogen-bond donors (Lipinski definition) is 1. The second-order valence-electron chi connectivity index (χ2n) is 4.95. The molecule has 0 saturated carbocycles. The fraction of sp³-hybridized carbons (Fsp3) is 0.500. The molecule has 1 aromatic rings. The summed E-state index contributed by atoms with van der Waals surface area (Å²) < 4.78 is 0. The van der Waals surface area contributed by atoms with Crippen LogP contribution in [-0.2, 0) is 4.84 Å². The summed E-state index contributed by atoms with van der Waals surface area (Å²) in [4.78, 5) is 7.52. The van der Waals surface area contributed by atoms with Gasteiger partial charge in [0.05, 0.1) is 12.3 Å². The molecule has 1 heterocycles. The quantitative estimate of drug-likeness (QED) is 0.900. The molecular weight excluding hydrogens is 264 g/mol. The summed E-state index contributed by atoms with van der Waals surface area (Å²) in [6.07, 6.45) is 0.828. The van der Waals surface area contributed by atoms with Crippen molar-refractivity contribution in [2.24, 2.45) is 5.16 Å². The van der Waals surface area contributed by atoms with Crippen LogP contribution in [0.4, 0.5) is 0 Å². The summed E-state index contributed by atoms with van der Waals surface area (Å²) in [7, 11) is 1.98. The van der Waals surface area contributed by atoms with Crippen LogP contribution in [0.3, 0.4) is 0 Å². The van der Waals surface area contributed by atoms with Gasteiger partial charge in [-0.2, -0.15) is 0 Å². The van der Waals surface area contributed by atoms with E-state index in [9.17, 15) is 0 Å². The van der Waals surface area contributed by atoms with Crippen molar-refractivity contribution in [1.29, 1.82) is 0 Å². The van der Waals surface area contributed by atoms with Crippen LogP contribution in [0.1, 0.15) is 18.9 Å². The van der Waals surface area contributed by atoms with E-state index in [-0.39, 0.29) is 18.8 Å². The molecule has 1 aliphatic rings. The molecule has 0 aliphatic carbocycles. The van der Waals surface area contributed by atoms with Crippen LogP contribution < -0.4 is 0 Å². The van der Waals surface area contributed by atoms with Crippen LogP contribution in [0.15, 0.2) is 29.4 Å². The molecule has 0 fully saturated rings. The molecule has 1 aliphatic heterocycles. The van der Waals surface area contributed by atoms with E-state index in [1.54, 1.807) is 0 Å². The Bertz CT molecular complexity index is 447. The van der Waals surface area contributed by atoms with Gasteiger partial charge in [0, 0.05) is 24.0 Å². The molecule has 2 atom stereocenters. The minimum absolute atomic E-state index is 0.0460. The van der Waals surface area contributed by atoms with Crippen molar-refractivity contribution in [3.05, 3.63) is 34.9 Å². The second-order valence-corrected chi connectivity index (χ2v) is 5.38. The molecule has 1 aromatic carbocycles. The SMILES string of the molecule is CC(CO)N(C)CC1CC(c2ccc(Cl)cc2)=NO1. The van der Waals surface area contributed by atoms with Crippen LogP contribution in [0, 0.1) is 0 Å². The van der Waals surface area contributed by atoms with Gasteiger partial charge in [0.25, 0.3) is 0 Å². The van der Waals surface area contributed by atoms with Crippen LogP contribution in [0.25, 0.3) is 0 Å². The van der Waals surface area contributed by atoms with Crippen molar-refractivity contribution in [2.45, 2.75) is 25.5 Å². The number of oxime groups is 1. The normalized spacial score (nSPS) is 20.3. The molecule has 0 saturated heterocycles. The zero-order chi connectivity index (χ0) is 13.8. The van der Waals surface area contributed by atoms with Crippen LogP contribution in [-0.4, -0.2) is 48.1 Å². The molecule has 0 spiro atoms. The molecule has 0 amide bonds. The smallest absolute Gasteiger partial charge is 0.145 e.